The average molecular weight is 423 g/mol. The second-order valence-corrected chi connectivity index (χ2v) is 8.35. The fourth-order valence-corrected chi connectivity index (χ4v) is 3.93. The Hall–Kier alpha value is -2.80. The number of anilines is 1. The zero-order valence-electron chi connectivity index (χ0n) is 19.3. The Morgan fingerprint density at radius 2 is 2.10 bits per heavy atom. The SMILES string of the molecule is C/C=C(\C=NC)c1ccc(-c2cnc(N3CCC(NC(C)(CC)CC)C3)nn2)c(O)c1. The molecule has 2 heterocycles. The van der Waals surface area contributed by atoms with Gasteiger partial charge in [0.2, 0.25) is 5.95 Å². The minimum atomic E-state index is 0.147. The molecule has 1 fully saturated rings. The molecular formula is C24H34N6O. The van der Waals surface area contributed by atoms with Gasteiger partial charge in [-0.2, -0.15) is 0 Å². The van der Waals surface area contributed by atoms with Gasteiger partial charge in [-0.05, 0) is 56.4 Å². The predicted molar refractivity (Wildman–Crippen MR) is 128 cm³/mol. The van der Waals surface area contributed by atoms with Crippen LogP contribution in [0.25, 0.3) is 16.8 Å². The van der Waals surface area contributed by atoms with Gasteiger partial charge in [0.15, 0.2) is 0 Å². The number of aliphatic imine (C=N–C) groups is 1. The number of aromatic nitrogens is 3. The van der Waals surface area contributed by atoms with Gasteiger partial charge in [0.1, 0.15) is 11.4 Å². The highest BCUT2D eigenvalue weighted by Crippen LogP contribution is 2.30. The van der Waals surface area contributed by atoms with Gasteiger partial charge in [0.25, 0.3) is 0 Å². The maximum absolute atomic E-state index is 10.5. The number of hydrogen-bond donors (Lipinski definition) is 2. The van der Waals surface area contributed by atoms with Crippen molar-refractivity contribution in [2.75, 3.05) is 25.0 Å². The van der Waals surface area contributed by atoms with E-state index < -0.39 is 0 Å². The zero-order chi connectivity index (χ0) is 22.4. The van der Waals surface area contributed by atoms with Crippen LogP contribution in [0.2, 0.25) is 0 Å². The summed E-state index contributed by atoms with van der Waals surface area (Å²) < 4.78 is 0. The normalized spacial score (nSPS) is 17.6. The number of aromatic hydroxyl groups is 1. The van der Waals surface area contributed by atoms with Crippen molar-refractivity contribution in [3.05, 3.63) is 36.0 Å². The van der Waals surface area contributed by atoms with Crippen LogP contribution < -0.4 is 10.2 Å². The van der Waals surface area contributed by atoms with Crippen LogP contribution in [-0.2, 0) is 0 Å². The molecule has 7 nitrogen and oxygen atoms in total. The van der Waals surface area contributed by atoms with Gasteiger partial charge in [-0.3, -0.25) is 4.99 Å². The molecule has 3 rings (SSSR count). The lowest BCUT2D eigenvalue weighted by molar-refractivity contribution is 0.297. The first-order valence-electron chi connectivity index (χ1n) is 11.1. The molecule has 1 unspecified atom stereocenters. The maximum Gasteiger partial charge on any atom is 0.245 e. The summed E-state index contributed by atoms with van der Waals surface area (Å²) in [4.78, 5) is 10.8. The Morgan fingerprint density at radius 1 is 1.32 bits per heavy atom. The van der Waals surface area contributed by atoms with E-state index in [0.29, 0.717) is 23.2 Å². The van der Waals surface area contributed by atoms with Gasteiger partial charge in [-0.15, -0.1) is 10.2 Å². The minimum absolute atomic E-state index is 0.147. The lowest BCUT2D eigenvalue weighted by atomic mass is 9.94. The van der Waals surface area contributed by atoms with Gasteiger partial charge in [0.05, 0.1) is 6.20 Å². The Morgan fingerprint density at radius 3 is 2.68 bits per heavy atom. The van der Waals surface area contributed by atoms with Gasteiger partial charge < -0.3 is 15.3 Å². The quantitative estimate of drug-likeness (QED) is 0.623. The number of allylic oxidation sites excluding steroid dienone is 2. The van der Waals surface area contributed by atoms with Crippen molar-refractivity contribution in [1.82, 2.24) is 20.5 Å². The summed E-state index contributed by atoms with van der Waals surface area (Å²) in [6.45, 7) is 10.5. The summed E-state index contributed by atoms with van der Waals surface area (Å²) in [5.74, 6) is 0.781. The summed E-state index contributed by atoms with van der Waals surface area (Å²) in [5, 5.41) is 23.0. The Labute approximate surface area is 185 Å². The first-order chi connectivity index (χ1) is 14.9. The summed E-state index contributed by atoms with van der Waals surface area (Å²) in [6.07, 6.45) is 8.69. The first kappa shape index (κ1) is 22.9. The molecular weight excluding hydrogens is 388 g/mol. The molecule has 0 bridgehead atoms. The van der Waals surface area contributed by atoms with E-state index >= 15 is 0 Å². The second kappa shape index (κ2) is 10.0. The van der Waals surface area contributed by atoms with Crippen LogP contribution >= 0.6 is 0 Å². The van der Waals surface area contributed by atoms with E-state index in [2.05, 4.69) is 51.2 Å². The fourth-order valence-electron chi connectivity index (χ4n) is 3.93. The summed E-state index contributed by atoms with van der Waals surface area (Å²) >= 11 is 0. The third-order valence-corrected chi connectivity index (χ3v) is 6.32. The minimum Gasteiger partial charge on any atom is -0.507 e. The smallest absolute Gasteiger partial charge is 0.245 e. The highest BCUT2D eigenvalue weighted by atomic mass is 16.3. The molecule has 31 heavy (non-hydrogen) atoms. The van der Waals surface area contributed by atoms with E-state index in [0.717, 1.165) is 43.5 Å². The van der Waals surface area contributed by atoms with Crippen LogP contribution in [0.3, 0.4) is 0 Å². The molecule has 2 N–H and O–H groups in total. The molecule has 166 valence electrons. The molecule has 0 amide bonds. The Bertz CT molecular complexity index is 934. The van der Waals surface area contributed by atoms with Crippen LogP contribution in [0.4, 0.5) is 5.95 Å². The van der Waals surface area contributed by atoms with Crippen LogP contribution in [-0.4, -0.2) is 58.2 Å². The van der Waals surface area contributed by atoms with Gasteiger partial charge in [-0.1, -0.05) is 26.0 Å². The number of nitrogens with one attached hydrogen (secondary N) is 1. The largest absolute Gasteiger partial charge is 0.507 e. The van der Waals surface area contributed by atoms with Gasteiger partial charge in [0, 0.05) is 43.5 Å². The van der Waals surface area contributed by atoms with Crippen molar-refractivity contribution in [1.29, 1.82) is 0 Å². The van der Waals surface area contributed by atoms with E-state index in [-0.39, 0.29) is 11.3 Å². The Balaban J connectivity index is 1.71. The highest BCUT2D eigenvalue weighted by molar-refractivity contribution is 6.09. The molecule has 1 aliphatic heterocycles. The molecule has 0 saturated carbocycles. The van der Waals surface area contributed by atoms with Crippen molar-refractivity contribution < 1.29 is 5.11 Å². The lowest BCUT2D eigenvalue weighted by Crippen LogP contribution is -2.48. The predicted octanol–water partition coefficient (Wildman–Crippen LogP) is 4.10. The van der Waals surface area contributed by atoms with Crippen molar-refractivity contribution in [3.8, 4) is 17.0 Å². The Kier molecular flexibility index (Phi) is 7.38. The van der Waals surface area contributed by atoms with Crippen molar-refractivity contribution in [3.63, 3.8) is 0 Å². The second-order valence-electron chi connectivity index (χ2n) is 8.35. The van der Waals surface area contributed by atoms with Crippen LogP contribution in [0.5, 0.6) is 5.75 Å². The third kappa shape index (κ3) is 5.28. The van der Waals surface area contributed by atoms with Gasteiger partial charge in [-0.25, -0.2) is 4.98 Å². The molecule has 7 heteroatoms. The van der Waals surface area contributed by atoms with E-state index in [1.165, 1.54) is 0 Å². The number of phenols is 1. The number of phenolic OH excluding ortho intramolecular Hbond substituents is 1. The summed E-state index contributed by atoms with van der Waals surface area (Å²) in [6, 6.07) is 5.93. The van der Waals surface area contributed by atoms with Crippen molar-refractivity contribution in [2.45, 2.75) is 58.5 Å². The topological polar surface area (TPSA) is 86.5 Å². The number of benzene rings is 1. The third-order valence-electron chi connectivity index (χ3n) is 6.32. The number of nitrogens with zero attached hydrogens (tertiary/aromatic N) is 5. The number of rotatable bonds is 8. The molecule has 1 aromatic carbocycles. The average Bonchev–Trinajstić information content (AvgIpc) is 3.25. The molecule has 1 aromatic heterocycles. The van der Waals surface area contributed by atoms with Crippen molar-refractivity contribution >= 4 is 17.7 Å². The summed E-state index contributed by atoms with van der Waals surface area (Å²) in [5.41, 5.74) is 3.18. The van der Waals surface area contributed by atoms with Crippen LogP contribution in [0.1, 0.15) is 52.5 Å². The fraction of sp³-hybridized carbons (Fsp3) is 0.500. The summed E-state index contributed by atoms with van der Waals surface area (Å²) in [7, 11) is 1.73. The first-order valence-corrected chi connectivity index (χ1v) is 11.1. The molecule has 2 aromatic rings. The molecule has 0 aliphatic carbocycles. The zero-order valence-corrected chi connectivity index (χ0v) is 19.3. The van der Waals surface area contributed by atoms with E-state index in [1.807, 2.05) is 25.1 Å². The van der Waals surface area contributed by atoms with Crippen molar-refractivity contribution in [2.24, 2.45) is 4.99 Å². The van der Waals surface area contributed by atoms with Crippen LogP contribution in [0.15, 0.2) is 35.5 Å². The molecule has 0 spiro atoms. The number of hydrogen-bond acceptors (Lipinski definition) is 7. The molecule has 1 saturated heterocycles. The highest BCUT2D eigenvalue weighted by Gasteiger charge is 2.30. The monoisotopic (exact) mass is 422 g/mol. The van der Waals surface area contributed by atoms with Gasteiger partial charge >= 0.3 is 0 Å². The molecule has 1 aliphatic rings. The van der Waals surface area contributed by atoms with E-state index in [4.69, 9.17) is 0 Å². The molecule has 1 atom stereocenters. The standard InChI is InChI=1S/C24H34N6O/c1-6-17(14-25-5)18-9-10-20(22(31)13-18)21-15-26-23(29-28-21)30-12-11-19(16-30)27-24(4,7-2)8-3/h6,9-10,13-15,19,27,31H,7-8,11-12,16H2,1-5H3/b17-6+,25-14?. The molecule has 0 radical (unpaired) electrons. The van der Waals surface area contributed by atoms with E-state index in [1.54, 1.807) is 25.5 Å². The van der Waals surface area contributed by atoms with E-state index in [9.17, 15) is 5.11 Å². The lowest BCUT2D eigenvalue weighted by Gasteiger charge is -2.32. The van der Waals surface area contributed by atoms with Crippen LogP contribution in [0, 0.1) is 0 Å². The maximum atomic E-state index is 10.5.